The number of aliphatic imine (C=N–C) groups is 1. The zero-order valence-electron chi connectivity index (χ0n) is 14.5. The van der Waals surface area contributed by atoms with E-state index in [-0.39, 0.29) is 24.0 Å². The highest BCUT2D eigenvalue weighted by molar-refractivity contribution is 14.0. The summed E-state index contributed by atoms with van der Waals surface area (Å²) in [5.74, 6) is 1.56. The molecule has 9 heteroatoms. The molecule has 0 fully saturated rings. The third kappa shape index (κ3) is 4.88. The topological polar surface area (TPSA) is 79.5 Å². The Bertz CT molecular complexity index is 836. The van der Waals surface area contributed by atoms with Crippen LogP contribution in [-0.2, 0) is 13.1 Å². The maximum Gasteiger partial charge on any atom is 0.192 e. The number of rotatable bonds is 5. The number of fused-ring (bicyclic) bond motifs is 1. The van der Waals surface area contributed by atoms with E-state index < -0.39 is 0 Å². The van der Waals surface area contributed by atoms with Crippen molar-refractivity contribution in [3.63, 3.8) is 0 Å². The molecule has 25 heavy (non-hydrogen) atoms. The van der Waals surface area contributed by atoms with Crippen molar-refractivity contribution >= 4 is 46.9 Å². The number of nitrogens with one attached hydrogen (secondary N) is 2. The number of hydrogen-bond acceptors (Lipinski definition) is 5. The van der Waals surface area contributed by atoms with Gasteiger partial charge in [0.2, 0.25) is 0 Å². The molecule has 0 saturated heterocycles. The summed E-state index contributed by atoms with van der Waals surface area (Å²) in [6.07, 6.45) is 1.95. The molecule has 0 aliphatic heterocycles. The minimum Gasteiger partial charge on any atom is -0.357 e. The van der Waals surface area contributed by atoms with Crippen LogP contribution < -0.4 is 10.6 Å². The molecule has 7 nitrogen and oxygen atoms in total. The Hall–Kier alpha value is -1.75. The van der Waals surface area contributed by atoms with Gasteiger partial charge in [-0.3, -0.25) is 4.40 Å². The predicted molar refractivity (Wildman–Crippen MR) is 112 cm³/mol. The number of guanidine groups is 1. The van der Waals surface area contributed by atoms with Crippen LogP contribution in [0.1, 0.15) is 28.3 Å². The van der Waals surface area contributed by atoms with Crippen LogP contribution >= 0.6 is 35.3 Å². The molecule has 0 atom stereocenters. The van der Waals surface area contributed by atoms with Crippen molar-refractivity contribution in [2.24, 2.45) is 4.99 Å². The van der Waals surface area contributed by atoms with E-state index >= 15 is 0 Å². The maximum absolute atomic E-state index is 4.60. The largest absolute Gasteiger partial charge is 0.357 e. The lowest BCUT2D eigenvalue weighted by atomic mass is 10.4. The van der Waals surface area contributed by atoms with Gasteiger partial charge in [-0.15, -0.1) is 45.5 Å². The monoisotopic (exact) mass is 471 g/mol. The normalized spacial score (nSPS) is 11.4. The molecular weight excluding hydrogens is 449 g/mol. The number of halogens is 1. The zero-order valence-corrected chi connectivity index (χ0v) is 17.6. The molecule has 3 aromatic rings. The fraction of sp³-hybridized carbons (Fsp3) is 0.375. The Morgan fingerprint density at radius 3 is 2.80 bits per heavy atom. The van der Waals surface area contributed by atoms with Crippen molar-refractivity contribution in [3.8, 4) is 0 Å². The lowest BCUT2D eigenvalue weighted by Crippen LogP contribution is -2.36. The quantitative estimate of drug-likeness (QED) is 0.340. The summed E-state index contributed by atoms with van der Waals surface area (Å²) in [6.45, 7) is 8.07. The standard InChI is InChI=1S/C16H21N7S.HI/c1-4-17-16(19-10-15-20-11(2)12(3)24-15)18-9-14-22-21-13-7-5-6-8-23(13)14;/h5-8H,4,9-10H2,1-3H3,(H2,17,18,19);1H. The third-order valence-electron chi connectivity index (χ3n) is 3.59. The fourth-order valence-electron chi connectivity index (χ4n) is 2.26. The van der Waals surface area contributed by atoms with Crippen molar-refractivity contribution in [1.82, 2.24) is 30.2 Å². The molecule has 0 bridgehead atoms. The van der Waals surface area contributed by atoms with Crippen LogP contribution in [0.15, 0.2) is 29.4 Å². The Kier molecular flexibility index (Phi) is 7.12. The van der Waals surface area contributed by atoms with Crippen LogP contribution in [0.2, 0.25) is 0 Å². The number of aromatic nitrogens is 4. The summed E-state index contributed by atoms with van der Waals surface area (Å²) >= 11 is 1.71. The van der Waals surface area contributed by atoms with E-state index in [0.29, 0.717) is 13.1 Å². The second kappa shape index (κ2) is 9.09. The summed E-state index contributed by atoms with van der Waals surface area (Å²) in [6, 6.07) is 5.83. The van der Waals surface area contributed by atoms with E-state index in [1.165, 1.54) is 4.88 Å². The molecule has 3 heterocycles. The predicted octanol–water partition coefficient (Wildman–Crippen LogP) is 2.68. The van der Waals surface area contributed by atoms with Crippen LogP contribution in [0.25, 0.3) is 5.65 Å². The molecule has 0 aliphatic rings. The van der Waals surface area contributed by atoms with Crippen molar-refractivity contribution in [3.05, 3.63) is 45.8 Å². The second-order valence-corrected chi connectivity index (χ2v) is 6.63. The van der Waals surface area contributed by atoms with Gasteiger partial charge in [-0.05, 0) is 32.9 Å². The van der Waals surface area contributed by atoms with Crippen LogP contribution in [0.5, 0.6) is 0 Å². The first-order valence-electron chi connectivity index (χ1n) is 7.91. The van der Waals surface area contributed by atoms with E-state index in [0.717, 1.165) is 34.7 Å². The first kappa shape index (κ1) is 19.6. The molecule has 0 spiro atoms. The van der Waals surface area contributed by atoms with Crippen molar-refractivity contribution in [2.45, 2.75) is 33.9 Å². The van der Waals surface area contributed by atoms with Gasteiger partial charge in [-0.25, -0.2) is 9.98 Å². The van der Waals surface area contributed by atoms with Crippen molar-refractivity contribution in [2.75, 3.05) is 6.54 Å². The van der Waals surface area contributed by atoms with Crippen molar-refractivity contribution < 1.29 is 0 Å². The number of nitrogens with zero attached hydrogens (tertiary/aromatic N) is 5. The van der Waals surface area contributed by atoms with E-state index in [2.05, 4.69) is 37.7 Å². The molecule has 0 unspecified atom stereocenters. The van der Waals surface area contributed by atoms with Gasteiger partial charge in [0.25, 0.3) is 0 Å². The van der Waals surface area contributed by atoms with Crippen molar-refractivity contribution in [1.29, 1.82) is 0 Å². The minimum atomic E-state index is 0. The van der Waals surface area contributed by atoms with Gasteiger partial charge in [0.15, 0.2) is 17.4 Å². The van der Waals surface area contributed by atoms with Crippen LogP contribution in [0.3, 0.4) is 0 Å². The molecule has 0 aliphatic carbocycles. The number of pyridine rings is 1. The molecule has 3 rings (SSSR count). The van der Waals surface area contributed by atoms with Crippen LogP contribution in [-0.4, -0.2) is 32.1 Å². The maximum atomic E-state index is 4.60. The van der Waals surface area contributed by atoms with Crippen LogP contribution in [0.4, 0.5) is 0 Å². The molecule has 2 N–H and O–H groups in total. The molecule has 0 aromatic carbocycles. The van der Waals surface area contributed by atoms with Gasteiger partial charge in [0.05, 0.1) is 12.2 Å². The molecule has 0 amide bonds. The fourth-order valence-corrected chi connectivity index (χ4v) is 3.14. The smallest absolute Gasteiger partial charge is 0.192 e. The summed E-state index contributed by atoms with van der Waals surface area (Å²) in [5, 5.41) is 16.0. The number of thiazole rings is 1. The van der Waals surface area contributed by atoms with E-state index in [9.17, 15) is 0 Å². The number of hydrogen-bond donors (Lipinski definition) is 2. The zero-order chi connectivity index (χ0) is 16.9. The minimum absolute atomic E-state index is 0. The SMILES string of the molecule is CCNC(=NCc1nnc2ccccn12)NCc1nc(C)c(C)s1.I. The van der Waals surface area contributed by atoms with Gasteiger partial charge >= 0.3 is 0 Å². The molecule has 0 saturated carbocycles. The Morgan fingerprint density at radius 2 is 2.08 bits per heavy atom. The lowest BCUT2D eigenvalue weighted by molar-refractivity contribution is 0.794. The van der Waals surface area contributed by atoms with Gasteiger partial charge < -0.3 is 10.6 Å². The Morgan fingerprint density at radius 1 is 1.24 bits per heavy atom. The van der Waals surface area contributed by atoms with Gasteiger partial charge in [0, 0.05) is 17.6 Å². The van der Waals surface area contributed by atoms with E-state index in [4.69, 9.17) is 0 Å². The number of aryl methyl sites for hydroxylation is 2. The summed E-state index contributed by atoms with van der Waals surface area (Å²) < 4.78 is 1.95. The van der Waals surface area contributed by atoms with Gasteiger partial charge in [0.1, 0.15) is 11.6 Å². The van der Waals surface area contributed by atoms with Gasteiger partial charge in [-0.2, -0.15) is 0 Å². The third-order valence-corrected chi connectivity index (χ3v) is 4.66. The first-order chi connectivity index (χ1) is 11.7. The summed E-state index contributed by atoms with van der Waals surface area (Å²) in [5.41, 5.74) is 1.92. The first-order valence-corrected chi connectivity index (χ1v) is 8.72. The van der Waals surface area contributed by atoms with Gasteiger partial charge in [-0.1, -0.05) is 6.07 Å². The molecule has 0 radical (unpaired) electrons. The lowest BCUT2D eigenvalue weighted by Gasteiger charge is -2.09. The molecule has 134 valence electrons. The van der Waals surface area contributed by atoms with E-state index in [1.54, 1.807) is 11.3 Å². The Balaban J connectivity index is 0.00000225. The second-order valence-electron chi connectivity index (χ2n) is 5.34. The molecule has 3 aromatic heterocycles. The van der Waals surface area contributed by atoms with E-state index in [1.807, 2.05) is 42.6 Å². The Labute approximate surface area is 168 Å². The highest BCUT2D eigenvalue weighted by atomic mass is 127. The molecular formula is C16H22IN7S. The average Bonchev–Trinajstić information content (AvgIpc) is 3.14. The highest BCUT2D eigenvalue weighted by Crippen LogP contribution is 2.15. The summed E-state index contributed by atoms with van der Waals surface area (Å²) in [7, 11) is 0. The summed E-state index contributed by atoms with van der Waals surface area (Å²) in [4.78, 5) is 10.4. The highest BCUT2D eigenvalue weighted by Gasteiger charge is 2.06. The average molecular weight is 471 g/mol. The van der Waals surface area contributed by atoms with Crippen LogP contribution in [0, 0.1) is 13.8 Å².